The van der Waals surface area contributed by atoms with E-state index < -0.39 is 0 Å². The van der Waals surface area contributed by atoms with Crippen LogP contribution in [-0.2, 0) is 17.9 Å². The van der Waals surface area contributed by atoms with Crippen molar-refractivity contribution < 1.29 is 29.0 Å². The summed E-state index contributed by atoms with van der Waals surface area (Å²) in [5, 5.41) is 12.5. The molecule has 0 saturated carbocycles. The van der Waals surface area contributed by atoms with Crippen molar-refractivity contribution in [3.8, 4) is 17.2 Å². The minimum absolute atomic E-state index is 0.0717. The number of benzene rings is 2. The smallest absolute Gasteiger partial charge is 0.231 e. The van der Waals surface area contributed by atoms with Gasteiger partial charge >= 0.3 is 0 Å². The fraction of sp³-hybridized carbons (Fsp3) is 0.318. The van der Waals surface area contributed by atoms with E-state index in [4.69, 9.17) is 14.2 Å². The number of carbonyl (C=O) groups excluding carboxylic acids is 1. The van der Waals surface area contributed by atoms with Crippen LogP contribution in [0, 0.1) is 0 Å². The number of hydrogen-bond donors (Lipinski definition) is 1. The Hall–Kier alpha value is -2.35. The number of Topliss-reactive ketones (excluding diaryl/α,β-unsaturated/α-hetero) is 1. The molecule has 150 valence electrons. The fourth-order valence-corrected chi connectivity index (χ4v) is 4.74. The van der Waals surface area contributed by atoms with E-state index in [1.807, 2.05) is 12.1 Å². The molecule has 1 saturated heterocycles. The Morgan fingerprint density at radius 1 is 1.17 bits per heavy atom. The Morgan fingerprint density at radius 2 is 2.00 bits per heavy atom. The average molecular weight is 458 g/mol. The van der Waals surface area contributed by atoms with Crippen LogP contribution < -0.4 is 19.5 Å². The molecule has 29 heavy (non-hydrogen) atoms. The zero-order valence-corrected chi connectivity index (χ0v) is 17.3. The zero-order valence-electron chi connectivity index (χ0n) is 15.8. The maximum Gasteiger partial charge on any atom is 0.231 e. The topological polar surface area (TPSA) is 72.3 Å². The molecule has 0 bridgehead atoms. The quantitative estimate of drug-likeness (QED) is 0.715. The van der Waals surface area contributed by atoms with Crippen LogP contribution in [0.4, 0.5) is 0 Å². The third-order valence-electron chi connectivity index (χ3n) is 5.63. The van der Waals surface area contributed by atoms with E-state index in [0.29, 0.717) is 35.8 Å². The molecule has 0 aromatic heterocycles. The molecule has 7 heteroatoms. The average Bonchev–Trinajstić information content (AvgIpc) is 3.33. The molecule has 1 fully saturated rings. The monoisotopic (exact) mass is 457 g/mol. The number of likely N-dealkylation sites (tertiary alicyclic amines) is 1. The van der Waals surface area contributed by atoms with Gasteiger partial charge in [-0.3, -0.25) is 4.79 Å². The van der Waals surface area contributed by atoms with Crippen molar-refractivity contribution in [1.29, 1.82) is 0 Å². The molecule has 0 amide bonds. The number of ether oxygens (including phenoxy) is 3. The largest absolute Gasteiger partial charge is 0.872 e. The zero-order chi connectivity index (χ0) is 20.0. The Morgan fingerprint density at radius 3 is 2.83 bits per heavy atom. The van der Waals surface area contributed by atoms with Gasteiger partial charge in [0.05, 0.1) is 25.3 Å². The lowest BCUT2D eigenvalue weighted by Crippen LogP contribution is -3.08. The maximum atomic E-state index is 13.0. The summed E-state index contributed by atoms with van der Waals surface area (Å²) in [6, 6.07) is 6.87. The van der Waals surface area contributed by atoms with Gasteiger partial charge in [0.25, 0.3) is 0 Å². The number of halogens is 1. The van der Waals surface area contributed by atoms with Crippen molar-refractivity contribution in [3.05, 3.63) is 56.8 Å². The molecule has 0 aliphatic carbocycles. The lowest BCUT2D eigenvalue weighted by Gasteiger charge is -2.20. The van der Waals surface area contributed by atoms with Gasteiger partial charge in [0.15, 0.2) is 12.6 Å². The first-order valence-corrected chi connectivity index (χ1v) is 10.5. The van der Waals surface area contributed by atoms with Crippen molar-refractivity contribution in [2.75, 3.05) is 19.9 Å². The number of fused-ring (bicyclic) bond motifs is 2. The number of allylic oxidation sites excluding steroid dienone is 1. The molecule has 0 spiro atoms. The van der Waals surface area contributed by atoms with Crippen LogP contribution in [0.5, 0.6) is 17.2 Å². The van der Waals surface area contributed by atoms with Crippen LogP contribution in [0.25, 0.3) is 6.08 Å². The van der Waals surface area contributed by atoms with Crippen LogP contribution in [0.2, 0.25) is 0 Å². The molecule has 0 atom stereocenters. The maximum absolute atomic E-state index is 13.0. The van der Waals surface area contributed by atoms with Crippen LogP contribution in [-0.4, -0.2) is 25.7 Å². The molecule has 1 N–H and O–H groups in total. The van der Waals surface area contributed by atoms with Gasteiger partial charge in [-0.15, -0.1) is 0 Å². The number of hydrogen-bond acceptors (Lipinski definition) is 5. The Kier molecular flexibility index (Phi) is 4.81. The van der Waals surface area contributed by atoms with Crippen molar-refractivity contribution in [1.82, 2.24) is 0 Å². The molecule has 5 rings (SSSR count). The minimum Gasteiger partial charge on any atom is -0.872 e. The van der Waals surface area contributed by atoms with Gasteiger partial charge in [0.1, 0.15) is 18.0 Å². The first-order chi connectivity index (χ1) is 14.1. The van der Waals surface area contributed by atoms with Crippen molar-refractivity contribution in [2.45, 2.75) is 26.0 Å². The van der Waals surface area contributed by atoms with Gasteiger partial charge < -0.3 is 24.2 Å². The second-order valence-electron chi connectivity index (χ2n) is 7.59. The summed E-state index contributed by atoms with van der Waals surface area (Å²) in [4.78, 5) is 14.3. The summed E-state index contributed by atoms with van der Waals surface area (Å²) in [5.41, 5.74) is 2.69. The van der Waals surface area contributed by atoms with Gasteiger partial charge in [0, 0.05) is 34.0 Å². The van der Waals surface area contributed by atoms with Gasteiger partial charge in [-0.2, -0.15) is 0 Å². The first-order valence-electron chi connectivity index (χ1n) is 9.74. The first kappa shape index (κ1) is 18.7. The molecule has 2 aromatic carbocycles. The van der Waals surface area contributed by atoms with E-state index in [1.54, 1.807) is 12.1 Å². The van der Waals surface area contributed by atoms with E-state index in [-0.39, 0.29) is 24.1 Å². The van der Waals surface area contributed by atoms with E-state index in [0.717, 1.165) is 28.7 Å². The van der Waals surface area contributed by atoms with Gasteiger partial charge in [-0.05, 0) is 24.3 Å². The molecule has 3 heterocycles. The molecule has 0 unspecified atom stereocenters. The minimum atomic E-state index is -0.210. The van der Waals surface area contributed by atoms with E-state index >= 15 is 0 Å². The summed E-state index contributed by atoms with van der Waals surface area (Å²) >= 11 is 3.49. The highest BCUT2D eigenvalue weighted by atomic mass is 79.9. The van der Waals surface area contributed by atoms with Gasteiger partial charge in [-0.1, -0.05) is 27.7 Å². The third kappa shape index (κ3) is 3.43. The molecule has 6 nitrogen and oxygen atoms in total. The summed E-state index contributed by atoms with van der Waals surface area (Å²) < 4.78 is 17.8. The third-order valence-corrected chi connectivity index (χ3v) is 6.08. The normalized spacial score (nSPS) is 19.8. The van der Waals surface area contributed by atoms with Crippen LogP contribution in [0.3, 0.4) is 0 Å². The molecule has 3 aliphatic rings. The molecular weight excluding hydrogens is 438 g/mol. The van der Waals surface area contributed by atoms with Crippen LogP contribution >= 0.6 is 15.9 Å². The SMILES string of the molecule is O=C1/C(=C/c2cc(Br)cc3c2OCOC3)Oc2c1ccc([O-])c2C[NH+]1CCCC1. The molecule has 3 aliphatic heterocycles. The van der Waals surface area contributed by atoms with E-state index in [9.17, 15) is 9.90 Å². The van der Waals surface area contributed by atoms with Gasteiger partial charge in [0.2, 0.25) is 5.78 Å². The highest BCUT2D eigenvalue weighted by Crippen LogP contribution is 2.40. The summed E-state index contributed by atoms with van der Waals surface area (Å²) in [6.45, 7) is 3.30. The van der Waals surface area contributed by atoms with Crippen molar-refractivity contribution in [2.24, 2.45) is 0 Å². The molecule has 2 aromatic rings. The van der Waals surface area contributed by atoms with E-state index in [2.05, 4.69) is 15.9 Å². The summed E-state index contributed by atoms with van der Waals surface area (Å²) in [6.07, 6.45) is 4.02. The standard InChI is InChI=1S/C22H20BrNO5/c23-15-7-13(21-14(8-15)11-27-12-28-21)9-19-20(26)16-3-4-18(25)17(22(16)29-19)10-24-5-1-2-6-24/h3-4,7-9,25H,1-2,5-6,10-12H2/b19-9-. The number of rotatable bonds is 3. The second-order valence-corrected chi connectivity index (χ2v) is 8.50. The number of carbonyl (C=O) groups is 1. The van der Waals surface area contributed by atoms with Crippen LogP contribution in [0.15, 0.2) is 34.5 Å². The van der Waals surface area contributed by atoms with Crippen molar-refractivity contribution >= 4 is 27.8 Å². The Balaban J connectivity index is 1.52. The fourth-order valence-electron chi connectivity index (χ4n) is 4.22. The van der Waals surface area contributed by atoms with E-state index in [1.165, 1.54) is 23.8 Å². The predicted octanol–water partition coefficient (Wildman–Crippen LogP) is 2.18. The molecular formula is C22H20BrNO5. The summed E-state index contributed by atoms with van der Waals surface area (Å²) in [5.74, 6) is 1.03. The summed E-state index contributed by atoms with van der Waals surface area (Å²) in [7, 11) is 0. The van der Waals surface area contributed by atoms with Crippen LogP contribution in [0.1, 0.15) is 39.9 Å². The van der Waals surface area contributed by atoms with Gasteiger partial charge in [-0.25, -0.2) is 0 Å². The number of quaternary nitrogens is 1. The Bertz CT molecular complexity index is 1030. The lowest BCUT2D eigenvalue weighted by atomic mass is 10.0. The second kappa shape index (κ2) is 7.48. The highest BCUT2D eigenvalue weighted by molar-refractivity contribution is 9.10. The Labute approximate surface area is 176 Å². The number of ketones is 1. The lowest BCUT2D eigenvalue weighted by molar-refractivity contribution is -0.901. The highest BCUT2D eigenvalue weighted by Gasteiger charge is 2.32. The molecule has 0 radical (unpaired) electrons. The van der Waals surface area contributed by atoms with Crippen molar-refractivity contribution in [3.63, 3.8) is 0 Å². The predicted molar refractivity (Wildman–Crippen MR) is 107 cm³/mol. The number of nitrogens with one attached hydrogen (secondary N) is 1.